The minimum absolute atomic E-state index is 0.0886. The van der Waals surface area contributed by atoms with Gasteiger partial charge in [-0.15, -0.1) is 0 Å². The summed E-state index contributed by atoms with van der Waals surface area (Å²) in [6.07, 6.45) is 5.11. The second kappa shape index (κ2) is 6.42. The molecule has 18 heavy (non-hydrogen) atoms. The van der Waals surface area contributed by atoms with Gasteiger partial charge in [-0.3, -0.25) is 0 Å². The zero-order valence-corrected chi connectivity index (χ0v) is 10.5. The molecule has 96 valence electrons. The van der Waals surface area contributed by atoms with Crippen molar-refractivity contribution in [2.45, 2.75) is 50.7 Å². The molecular formula is C15H19NO2. The van der Waals surface area contributed by atoms with Crippen molar-refractivity contribution in [1.29, 1.82) is 5.26 Å². The lowest BCUT2D eigenvalue weighted by molar-refractivity contribution is 0.0320. The van der Waals surface area contributed by atoms with Crippen LogP contribution in [0.4, 0.5) is 0 Å². The van der Waals surface area contributed by atoms with E-state index >= 15 is 0 Å². The van der Waals surface area contributed by atoms with E-state index in [0.717, 1.165) is 37.0 Å². The zero-order valence-electron chi connectivity index (χ0n) is 10.5. The van der Waals surface area contributed by atoms with E-state index in [-0.39, 0.29) is 12.2 Å². The monoisotopic (exact) mass is 245 g/mol. The number of rotatable bonds is 3. The Morgan fingerprint density at radius 3 is 2.61 bits per heavy atom. The predicted octanol–water partition coefficient (Wildman–Crippen LogP) is 2.83. The molecule has 0 amide bonds. The quantitative estimate of drug-likeness (QED) is 0.833. The summed E-state index contributed by atoms with van der Waals surface area (Å²) < 4.78 is 5.85. The largest absolute Gasteiger partial charge is 0.488 e. The topological polar surface area (TPSA) is 53.2 Å². The van der Waals surface area contributed by atoms with Crippen LogP contribution < -0.4 is 4.74 Å². The number of nitrogens with zero attached hydrogens (tertiary/aromatic N) is 1. The first kappa shape index (κ1) is 12.9. The molecule has 1 saturated carbocycles. The number of aliphatic hydroxyl groups is 1. The Kier molecular flexibility index (Phi) is 4.60. The minimum atomic E-state index is -0.355. The average molecular weight is 245 g/mol. The lowest BCUT2D eigenvalue weighted by Gasteiger charge is -2.22. The van der Waals surface area contributed by atoms with Crippen LogP contribution in [0.15, 0.2) is 24.3 Å². The zero-order chi connectivity index (χ0) is 12.8. The van der Waals surface area contributed by atoms with Gasteiger partial charge in [0.05, 0.1) is 18.6 Å². The summed E-state index contributed by atoms with van der Waals surface area (Å²) in [4.78, 5) is 0. The summed E-state index contributed by atoms with van der Waals surface area (Å²) in [6, 6.07) is 9.69. The highest BCUT2D eigenvalue weighted by molar-refractivity contribution is 5.28. The van der Waals surface area contributed by atoms with Crippen LogP contribution in [0.3, 0.4) is 0 Å². The number of nitriles is 1. The summed E-state index contributed by atoms with van der Waals surface area (Å²) in [5, 5.41) is 18.6. The first-order chi connectivity index (χ1) is 8.79. The molecule has 1 aromatic rings. The van der Waals surface area contributed by atoms with Crippen molar-refractivity contribution in [2.24, 2.45) is 0 Å². The fourth-order valence-electron chi connectivity index (χ4n) is 2.34. The van der Waals surface area contributed by atoms with E-state index < -0.39 is 0 Å². The molecule has 1 fully saturated rings. The van der Waals surface area contributed by atoms with Gasteiger partial charge in [0.1, 0.15) is 11.9 Å². The number of ether oxygens (including phenoxy) is 1. The summed E-state index contributed by atoms with van der Waals surface area (Å²) >= 11 is 0. The molecule has 0 heterocycles. The van der Waals surface area contributed by atoms with Crippen LogP contribution in [0, 0.1) is 11.3 Å². The van der Waals surface area contributed by atoms with E-state index in [1.54, 1.807) is 0 Å². The molecular weight excluding hydrogens is 226 g/mol. The molecule has 0 saturated heterocycles. The Bertz CT molecular complexity index is 407. The minimum Gasteiger partial charge on any atom is -0.488 e. The van der Waals surface area contributed by atoms with E-state index in [0.29, 0.717) is 6.42 Å². The van der Waals surface area contributed by atoms with Crippen molar-refractivity contribution in [1.82, 2.24) is 0 Å². The molecule has 0 spiro atoms. The Morgan fingerprint density at radius 2 is 1.89 bits per heavy atom. The van der Waals surface area contributed by atoms with Crippen molar-refractivity contribution < 1.29 is 9.84 Å². The molecule has 0 aliphatic heterocycles. The van der Waals surface area contributed by atoms with Crippen LogP contribution in [0.1, 0.15) is 37.7 Å². The lowest BCUT2D eigenvalue weighted by Crippen LogP contribution is -2.30. The molecule has 2 unspecified atom stereocenters. The van der Waals surface area contributed by atoms with Gasteiger partial charge in [0.25, 0.3) is 0 Å². The maximum absolute atomic E-state index is 9.98. The highest BCUT2D eigenvalue weighted by Gasteiger charge is 2.23. The number of aliphatic hydroxyl groups excluding tert-OH is 1. The predicted molar refractivity (Wildman–Crippen MR) is 69.3 cm³/mol. The maximum atomic E-state index is 9.98. The first-order valence-corrected chi connectivity index (χ1v) is 6.60. The van der Waals surface area contributed by atoms with Crippen molar-refractivity contribution in [2.75, 3.05) is 0 Å². The van der Waals surface area contributed by atoms with Crippen molar-refractivity contribution in [3.8, 4) is 11.8 Å². The van der Waals surface area contributed by atoms with Crippen LogP contribution in [-0.2, 0) is 6.42 Å². The van der Waals surface area contributed by atoms with Gasteiger partial charge in [0.2, 0.25) is 0 Å². The molecule has 3 nitrogen and oxygen atoms in total. The first-order valence-electron chi connectivity index (χ1n) is 6.60. The highest BCUT2D eigenvalue weighted by Crippen LogP contribution is 2.23. The molecule has 1 aliphatic carbocycles. The van der Waals surface area contributed by atoms with Crippen molar-refractivity contribution in [3.05, 3.63) is 29.8 Å². The maximum Gasteiger partial charge on any atom is 0.124 e. The fourth-order valence-corrected chi connectivity index (χ4v) is 2.34. The number of hydrogen-bond acceptors (Lipinski definition) is 3. The molecule has 2 rings (SSSR count). The van der Waals surface area contributed by atoms with Gasteiger partial charge in [-0.05, 0) is 37.0 Å². The molecule has 0 aromatic heterocycles. The molecule has 3 heteroatoms. The van der Waals surface area contributed by atoms with Crippen LogP contribution >= 0.6 is 0 Å². The van der Waals surface area contributed by atoms with E-state index in [1.165, 1.54) is 6.42 Å². The Morgan fingerprint density at radius 1 is 1.17 bits per heavy atom. The summed E-state index contributed by atoms with van der Waals surface area (Å²) in [7, 11) is 0. The van der Waals surface area contributed by atoms with E-state index in [1.807, 2.05) is 24.3 Å². The standard InChI is InChI=1S/C15H19NO2/c16-11-10-12-6-8-13(9-7-12)18-15-5-3-1-2-4-14(15)17/h6-9,14-15,17H,1-5,10H2. The SMILES string of the molecule is N#CCc1ccc(OC2CCCCCC2O)cc1. The van der Waals surface area contributed by atoms with Gasteiger partial charge in [0.15, 0.2) is 0 Å². The van der Waals surface area contributed by atoms with Gasteiger partial charge in [-0.1, -0.05) is 25.0 Å². The second-order valence-corrected chi connectivity index (χ2v) is 4.84. The van der Waals surface area contributed by atoms with Gasteiger partial charge in [-0.25, -0.2) is 0 Å². The van der Waals surface area contributed by atoms with Gasteiger partial charge >= 0.3 is 0 Å². The molecule has 1 N–H and O–H groups in total. The molecule has 1 aromatic carbocycles. The lowest BCUT2D eigenvalue weighted by atomic mass is 10.1. The Hall–Kier alpha value is -1.53. The smallest absolute Gasteiger partial charge is 0.124 e. The summed E-state index contributed by atoms with van der Waals surface area (Å²) in [5.74, 6) is 0.780. The molecule has 1 aliphatic rings. The number of benzene rings is 1. The second-order valence-electron chi connectivity index (χ2n) is 4.84. The number of hydrogen-bond donors (Lipinski definition) is 1. The third-order valence-corrected chi connectivity index (χ3v) is 3.41. The third-order valence-electron chi connectivity index (χ3n) is 3.41. The molecule has 0 radical (unpaired) electrons. The van der Waals surface area contributed by atoms with Crippen molar-refractivity contribution in [3.63, 3.8) is 0 Å². The van der Waals surface area contributed by atoms with Crippen LogP contribution in [0.5, 0.6) is 5.75 Å². The van der Waals surface area contributed by atoms with E-state index in [2.05, 4.69) is 6.07 Å². The Labute approximate surface area is 108 Å². The normalized spacial score (nSPS) is 24.0. The van der Waals surface area contributed by atoms with Crippen LogP contribution in [0.2, 0.25) is 0 Å². The molecule has 2 atom stereocenters. The molecule has 0 bridgehead atoms. The van der Waals surface area contributed by atoms with E-state index in [4.69, 9.17) is 10.00 Å². The Balaban J connectivity index is 1.97. The van der Waals surface area contributed by atoms with Crippen molar-refractivity contribution >= 4 is 0 Å². The van der Waals surface area contributed by atoms with E-state index in [9.17, 15) is 5.11 Å². The van der Waals surface area contributed by atoms with Crippen LogP contribution in [-0.4, -0.2) is 17.3 Å². The average Bonchev–Trinajstić information content (AvgIpc) is 2.58. The highest BCUT2D eigenvalue weighted by atomic mass is 16.5. The van der Waals surface area contributed by atoms with Crippen LogP contribution in [0.25, 0.3) is 0 Å². The third kappa shape index (κ3) is 3.48. The van der Waals surface area contributed by atoms with Gasteiger partial charge in [-0.2, -0.15) is 5.26 Å². The van der Waals surface area contributed by atoms with Gasteiger partial charge < -0.3 is 9.84 Å². The summed E-state index contributed by atoms with van der Waals surface area (Å²) in [5.41, 5.74) is 0.992. The van der Waals surface area contributed by atoms with Gasteiger partial charge in [0, 0.05) is 0 Å². The fraction of sp³-hybridized carbons (Fsp3) is 0.533. The summed E-state index contributed by atoms with van der Waals surface area (Å²) in [6.45, 7) is 0.